The molecular weight excluding hydrogens is 366 g/mol. The van der Waals surface area contributed by atoms with Gasteiger partial charge in [0, 0.05) is 16.8 Å². The topological polar surface area (TPSA) is 38.1 Å². The molecule has 0 saturated heterocycles. The predicted octanol–water partition coefficient (Wildman–Crippen LogP) is 4.37. The number of rotatable bonds is 3. The molecule has 5 rings (SSSR count). The Morgan fingerprint density at radius 2 is 1.79 bits per heavy atom. The quantitative estimate of drug-likeness (QED) is 0.524. The minimum atomic E-state index is -0.0240. The van der Waals surface area contributed by atoms with Gasteiger partial charge in [-0.2, -0.15) is 5.10 Å². The van der Waals surface area contributed by atoms with Crippen molar-refractivity contribution in [1.82, 2.24) is 14.7 Å². The number of nitrogens with zero attached hydrogens (tertiary/aromatic N) is 3. The lowest BCUT2D eigenvalue weighted by atomic mass is 9.94. The molecule has 3 heterocycles. The van der Waals surface area contributed by atoms with E-state index in [1.165, 1.54) is 16.0 Å². The first-order valence-electron chi connectivity index (χ1n) is 9.54. The third-order valence-electron chi connectivity index (χ3n) is 5.55. The van der Waals surface area contributed by atoms with Gasteiger partial charge in [0.25, 0.3) is 5.56 Å². The van der Waals surface area contributed by atoms with Crippen LogP contribution >= 0.6 is 11.3 Å². The van der Waals surface area contributed by atoms with Crippen LogP contribution in [0.2, 0.25) is 0 Å². The van der Waals surface area contributed by atoms with Gasteiger partial charge in [-0.3, -0.25) is 9.69 Å². The zero-order valence-corrected chi connectivity index (χ0v) is 16.5. The van der Waals surface area contributed by atoms with Crippen molar-refractivity contribution in [2.75, 3.05) is 6.54 Å². The molecule has 1 unspecified atom stereocenters. The zero-order valence-electron chi connectivity index (χ0n) is 15.7. The van der Waals surface area contributed by atoms with E-state index >= 15 is 0 Å². The smallest absolute Gasteiger partial charge is 0.273 e. The highest BCUT2D eigenvalue weighted by molar-refractivity contribution is 7.10. The van der Waals surface area contributed by atoms with E-state index in [1.807, 2.05) is 48.6 Å². The molecule has 1 atom stereocenters. The van der Waals surface area contributed by atoms with Crippen LogP contribution in [0.1, 0.15) is 27.7 Å². The van der Waals surface area contributed by atoms with Gasteiger partial charge in [-0.1, -0.05) is 48.5 Å². The summed E-state index contributed by atoms with van der Waals surface area (Å²) < 4.78 is 1.63. The number of hydrogen-bond acceptors (Lipinski definition) is 4. The average molecular weight is 388 g/mol. The minimum absolute atomic E-state index is 0.0240. The Morgan fingerprint density at radius 3 is 2.61 bits per heavy atom. The van der Waals surface area contributed by atoms with E-state index in [0.717, 1.165) is 29.4 Å². The second kappa shape index (κ2) is 7.00. The second-order valence-electron chi connectivity index (χ2n) is 7.25. The van der Waals surface area contributed by atoms with Crippen molar-refractivity contribution in [3.63, 3.8) is 0 Å². The number of fused-ring (bicyclic) bond motifs is 2. The maximum atomic E-state index is 13.1. The molecule has 2 aromatic carbocycles. The van der Waals surface area contributed by atoms with Crippen molar-refractivity contribution >= 4 is 22.1 Å². The Morgan fingerprint density at radius 1 is 1.04 bits per heavy atom. The van der Waals surface area contributed by atoms with Gasteiger partial charge in [-0.25, -0.2) is 4.68 Å². The molecule has 5 heteroatoms. The van der Waals surface area contributed by atoms with Gasteiger partial charge >= 0.3 is 0 Å². The molecule has 0 radical (unpaired) electrons. The fraction of sp³-hybridized carbons (Fsp3) is 0.217. The summed E-state index contributed by atoms with van der Waals surface area (Å²) in [5.41, 5.74) is 3.48. The minimum Gasteiger partial charge on any atom is -0.273 e. The van der Waals surface area contributed by atoms with E-state index in [4.69, 9.17) is 0 Å². The normalized spacial score (nSPS) is 17.0. The van der Waals surface area contributed by atoms with Gasteiger partial charge in [0.1, 0.15) is 0 Å². The first-order valence-corrected chi connectivity index (χ1v) is 10.4. The summed E-state index contributed by atoms with van der Waals surface area (Å²) in [5, 5.41) is 8.48. The van der Waals surface area contributed by atoms with Crippen molar-refractivity contribution in [3.05, 3.63) is 98.1 Å². The van der Waals surface area contributed by atoms with Crippen LogP contribution in [0, 0.1) is 6.92 Å². The lowest BCUT2D eigenvalue weighted by Crippen LogP contribution is -2.40. The van der Waals surface area contributed by atoms with Gasteiger partial charge in [0.05, 0.1) is 23.8 Å². The lowest BCUT2D eigenvalue weighted by Gasteiger charge is -2.36. The van der Waals surface area contributed by atoms with Gasteiger partial charge in [0.2, 0.25) is 0 Å². The molecule has 1 aliphatic heterocycles. The van der Waals surface area contributed by atoms with Crippen molar-refractivity contribution in [1.29, 1.82) is 0 Å². The maximum absolute atomic E-state index is 13.1. The fourth-order valence-electron chi connectivity index (χ4n) is 4.22. The Hall–Kier alpha value is -2.76. The van der Waals surface area contributed by atoms with Gasteiger partial charge in [-0.15, -0.1) is 11.3 Å². The molecule has 2 aromatic heterocycles. The summed E-state index contributed by atoms with van der Waals surface area (Å²) in [5.74, 6) is 0. The van der Waals surface area contributed by atoms with Crippen LogP contribution in [0.25, 0.3) is 10.8 Å². The van der Waals surface area contributed by atoms with Crippen molar-refractivity contribution < 1.29 is 0 Å². The second-order valence-corrected chi connectivity index (χ2v) is 8.25. The molecule has 0 amide bonds. The number of aromatic nitrogens is 2. The van der Waals surface area contributed by atoms with Crippen LogP contribution in [-0.2, 0) is 13.1 Å². The highest BCUT2D eigenvalue weighted by Gasteiger charge is 2.30. The molecule has 0 saturated carbocycles. The first kappa shape index (κ1) is 17.3. The van der Waals surface area contributed by atoms with E-state index in [9.17, 15) is 4.79 Å². The van der Waals surface area contributed by atoms with Crippen LogP contribution in [0.15, 0.2) is 70.8 Å². The van der Waals surface area contributed by atoms with Crippen LogP contribution in [0.5, 0.6) is 0 Å². The van der Waals surface area contributed by atoms with E-state index in [-0.39, 0.29) is 11.6 Å². The molecule has 0 N–H and O–H groups in total. The van der Waals surface area contributed by atoms with Crippen LogP contribution in [-0.4, -0.2) is 21.2 Å². The predicted molar refractivity (Wildman–Crippen MR) is 114 cm³/mol. The van der Waals surface area contributed by atoms with Crippen LogP contribution in [0.3, 0.4) is 0 Å². The summed E-state index contributed by atoms with van der Waals surface area (Å²) in [7, 11) is 0. The summed E-state index contributed by atoms with van der Waals surface area (Å²) in [6, 6.07) is 20.7. The Labute approximate surface area is 167 Å². The molecule has 0 bridgehead atoms. The first-order chi connectivity index (χ1) is 13.7. The zero-order chi connectivity index (χ0) is 19.1. The van der Waals surface area contributed by atoms with Crippen molar-refractivity contribution in [2.45, 2.75) is 26.1 Å². The lowest BCUT2D eigenvalue weighted by molar-refractivity contribution is 0.154. The van der Waals surface area contributed by atoms with Crippen LogP contribution < -0.4 is 5.56 Å². The fourth-order valence-corrected chi connectivity index (χ4v) is 5.12. The molecule has 0 spiro atoms. The third kappa shape index (κ3) is 2.87. The Kier molecular flexibility index (Phi) is 4.34. The third-order valence-corrected chi connectivity index (χ3v) is 6.55. The SMILES string of the molecule is Cc1nn(CN2CCc3sccc3C2c2ccccc2)c(=O)c2ccccc12. The standard InChI is InChI=1S/C23H21N3OS/c1-16-18-9-5-6-10-19(18)23(27)26(24-16)15-25-13-11-21-20(12-14-28-21)22(25)17-7-3-2-4-8-17/h2-10,12,14,22H,11,13,15H2,1H3. The Balaban J connectivity index is 1.59. The number of benzene rings is 2. The van der Waals surface area contributed by atoms with E-state index < -0.39 is 0 Å². The summed E-state index contributed by atoms with van der Waals surface area (Å²) >= 11 is 1.83. The number of aryl methyl sites for hydroxylation is 1. The van der Waals surface area contributed by atoms with Gasteiger partial charge < -0.3 is 0 Å². The van der Waals surface area contributed by atoms with E-state index in [1.54, 1.807) is 4.68 Å². The summed E-state index contributed by atoms with van der Waals surface area (Å²) in [6.45, 7) is 3.37. The molecule has 140 valence electrons. The monoisotopic (exact) mass is 387 g/mol. The average Bonchev–Trinajstić information content (AvgIpc) is 3.21. The molecule has 28 heavy (non-hydrogen) atoms. The number of hydrogen-bond donors (Lipinski definition) is 0. The van der Waals surface area contributed by atoms with Crippen molar-refractivity contribution in [2.24, 2.45) is 0 Å². The molecule has 1 aliphatic rings. The molecule has 4 aromatic rings. The van der Waals surface area contributed by atoms with E-state index in [2.05, 4.69) is 45.7 Å². The molecule has 4 nitrogen and oxygen atoms in total. The van der Waals surface area contributed by atoms with E-state index in [0.29, 0.717) is 6.67 Å². The molecular formula is C23H21N3OS. The Bertz CT molecular complexity index is 1200. The maximum Gasteiger partial charge on any atom is 0.275 e. The largest absolute Gasteiger partial charge is 0.275 e. The molecule has 0 aliphatic carbocycles. The summed E-state index contributed by atoms with van der Waals surface area (Å²) in [4.78, 5) is 16.9. The molecule has 0 fully saturated rings. The highest BCUT2D eigenvalue weighted by atomic mass is 32.1. The van der Waals surface area contributed by atoms with Gasteiger partial charge in [-0.05, 0) is 42.0 Å². The van der Waals surface area contributed by atoms with Crippen LogP contribution in [0.4, 0.5) is 0 Å². The summed E-state index contributed by atoms with van der Waals surface area (Å²) in [6.07, 6.45) is 1.01. The highest BCUT2D eigenvalue weighted by Crippen LogP contribution is 2.37. The number of thiophene rings is 1. The van der Waals surface area contributed by atoms with Gasteiger partial charge in [0.15, 0.2) is 0 Å². The van der Waals surface area contributed by atoms with Crippen molar-refractivity contribution in [3.8, 4) is 0 Å².